The van der Waals surface area contributed by atoms with E-state index in [9.17, 15) is 13.5 Å². The Morgan fingerprint density at radius 3 is 2.26 bits per heavy atom. The van der Waals surface area contributed by atoms with Crippen LogP contribution in [-0.4, -0.2) is 37.6 Å². The molecule has 1 saturated heterocycles. The summed E-state index contributed by atoms with van der Waals surface area (Å²) in [7, 11) is -2.84. The van der Waals surface area contributed by atoms with Crippen molar-refractivity contribution in [3.8, 4) is 0 Å². The zero-order chi connectivity index (χ0) is 18.9. The van der Waals surface area contributed by atoms with E-state index in [1.807, 2.05) is 12.1 Å². The van der Waals surface area contributed by atoms with Gasteiger partial charge in [-0.25, -0.2) is 8.42 Å². The molecule has 0 bridgehead atoms. The van der Waals surface area contributed by atoms with Gasteiger partial charge in [0.25, 0.3) is 0 Å². The van der Waals surface area contributed by atoms with E-state index in [1.54, 1.807) is 0 Å². The van der Waals surface area contributed by atoms with Crippen molar-refractivity contribution in [1.29, 1.82) is 0 Å². The summed E-state index contributed by atoms with van der Waals surface area (Å²) >= 11 is 0. The number of aliphatic hydroxyl groups excluding tert-OH is 1. The average molecular weight is 386 g/mol. The standard InChI is InChI=1S/C22H27NO3S/c24-16-18-4-3-7-21(12-18)23(15-17-8-10-27(25,26)11-9-17)22-13-19-5-1-2-6-20(19)14-22/h1-7,12,17,22,24H,8-11,13-16H2. The number of anilines is 1. The van der Waals surface area contributed by atoms with Crippen molar-refractivity contribution in [2.75, 3.05) is 23.0 Å². The van der Waals surface area contributed by atoms with Crippen LogP contribution in [0.1, 0.15) is 29.5 Å². The lowest BCUT2D eigenvalue weighted by Crippen LogP contribution is -2.41. The zero-order valence-electron chi connectivity index (χ0n) is 15.5. The molecule has 1 aliphatic carbocycles. The zero-order valence-corrected chi connectivity index (χ0v) is 16.4. The van der Waals surface area contributed by atoms with Crippen LogP contribution in [0.15, 0.2) is 48.5 Å². The predicted octanol–water partition coefficient (Wildman–Crippen LogP) is 2.98. The van der Waals surface area contributed by atoms with Crippen LogP contribution >= 0.6 is 0 Å². The summed E-state index contributed by atoms with van der Waals surface area (Å²) in [6, 6.07) is 17.1. The Labute approximate surface area is 161 Å². The summed E-state index contributed by atoms with van der Waals surface area (Å²) in [4.78, 5) is 2.46. The topological polar surface area (TPSA) is 57.6 Å². The lowest BCUT2D eigenvalue weighted by Gasteiger charge is -2.36. The maximum Gasteiger partial charge on any atom is 0.150 e. The number of nitrogens with zero attached hydrogens (tertiary/aromatic N) is 1. The van der Waals surface area contributed by atoms with Gasteiger partial charge in [-0.2, -0.15) is 0 Å². The summed E-state index contributed by atoms with van der Waals surface area (Å²) < 4.78 is 23.6. The Kier molecular flexibility index (Phi) is 5.24. The van der Waals surface area contributed by atoms with Crippen molar-refractivity contribution in [2.45, 2.75) is 38.3 Å². The minimum absolute atomic E-state index is 0.0360. The Bertz CT molecular complexity index is 870. The minimum Gasteiger partial charge on any atom is -0.392 e. The molecule has 0 spiro atoms. The Balaban J connectivity index is 1.58. The van der Waals surface area contributed by atoms with Gasteiger partial charge in [-0.3, -0.25) is 0 Å². The third kappa shape index (κ3) is 4.19. The smallest absolute Gasteiger partial charge is 0.150 e. The van der Waals surface area contributed by atoms with E-state index < -0.39 is 9.84 Å². The fourth-order valence-corrected chi connectivity index (χ4v) is 6.04. The average Bonchev–Trinajstić information content (AvgIpc) is 3.11. The highest BCUT2D eigenvalue weighted by molar-refractivity contribution is 7.91. The van der Waals surface area contributed by atoms with Crippen LogP contribution in [-0.2, 0) is 29.3 Å². The van der Waals surface area contributed by atoms with Crippen LogP contribution in [0.3, 0.4) is 0 Å². The summed E-state index contributed by atoms with van der Waals surface area (Å²) in [6.45, 7) is 0.914. The highest BCUT2D eigenvalue weighted by atomic mass is 32.2. The number of hydrogen-bond acceptors (Lipinski definition) is 4. The fraction of sp³-hybridized carbons (Fsp3) is 0.455. The molecular formula is C22H27NO3S. The van der Waals surface area contributed by atoms with E-state index in [2.05, 4.69) is 41.3 Å². The molecule has 1 fully saturated rings. The predicted molar refractivity (Wildman–Crippen MR) is 109 cm³/mol. The molecule has 1 heterocycles. The van der Waals surface area contributed by atoms with Gasteiger partial charge in [-0.1, -0.05) is 36.4 Å². The first kappa shape index (κ1) is 18.5. The molecule has 2 aromatic carbocycles. The lowest BCUT2D eigenvalue weighted by atomic mass is 9.99. The number of aliphatic hydroxyl groups is 1. The van der Waals surface area contributed by atoms with E-state index >= 15 is 0 Å². The Morgan fingerprint density at radius 1 is 0.963 bits per heavy atom. The highest BCUT2D eigenvalue weighted by Crippen LogP contribution is 2.32. The van der Waals surface area contributed by atoms with Crippen molar-refractivity contribution >= 4 is 15.5 Å². The van der Waals surface area contributed by atoms with Gasteiger partial charge in [-0.05, 0) is 60.4 Å². The first-order chi connectivity index (χ1) is 13.0. The first-order valence-electron chi connectivity index (χ1n) is 9.78. The highest BCUT2D eigenvalue weighted by Gasteiger charge is 2.31. The quantitative estimate of drug-likeness (QED) is 0.860. The number of rotatable bonds is 5. The summed E-state index contributed by atoms with van der Waals surface area (Å²) in [5, 5.41) is 9.54. The van der Waals surface area contributed by atoms with Gasteiger partial charge >= 0.3 is 0 Å². The molecule has 0 aromatic heterocycles. The van der Waals surface area contributed by atoms with Crippen molar-refractivity contribution in [3.05, 3.63) is 65.2 Å². The van der Waals surface area contributed by atoms with Crippen LogP contribution in [0.25, 0.3) is 0 Å². The van der Waals surface area contributed by atoms with Crippen LogP contribution in [0.2, 0.25) is 0 Å². The van der Waals surface area contributed by atoms with E-state index in [4.69, 9.17) is 0 Å². The van der Waals surface area contributed by atoms with Gasteiger partial charge in [0.1, 0.15) is 9.84 Å². The first-order valence-corrected chi connectivity index (χ1v) is 11.6. The van der Waals surface area contributed by atoms with Crippen LogP contribution in [0, 0.1) is 5.92 Å². The lowest BCUT2D eigenvalue weighted by molar-refractivity contribution is 0.282. The number of benzene rings is 2. The maximum atomic E-state index is 11.8. The van der Waals surface area contributed by atoms with Crippen molar-refractivity contribution in [2.24, 2.45) is 5.92 Å². The van der Waals surface area contributed by atoms with Gasteiger partial charge in [0.15, 0.2) is 0 Å². The molecule has 27 heavy (non-hydrogen) atoms. The molecule has 0 atom stereocenters. The normalized spacial score (nSPS) is 19.7. The molecule has 5 heteroatoms. The second kappa shape index (κ2) is 7.64. The fourth-order valence-electron chi connectivity index (χ4n) is 4.45. The van der Waals surface area contributed by atoms with E-state index in [1.165, 1.54) is 11.1 Å². The van der Waals surface area contributed by atoms with Crippen molar-refractivity contribution < 1.29 is 13.5 Å². The van der Waals surface area contributed by atoms with Gasteiger partial charge in [-0.15, -0.1) is 0 Å². The van der Waals surface area contributed by atoms with Crippen LogP contribution in [0.5, 0.6) is 0 Å². The SMILES string of the molecule is O=S1(=O)CCC(CN(c2cccc(CO)c2)C2Cc3ccccc3C2)CC1. The monoisotopic (exact) mass is 385 g/mol. The maximum absolute atomic E-state index is 11.8. The van der Waals surface area contributed by atoms with Crippen molar-refractivity contribution in [1.82, 2.24) is 0 Å². The molecule has 0 unspecified atom stereocenters. The third-order valence-corrected chi connectivity index (χ3v) is 7.74. The van der Waals surface area contributed by atoms with Crippen LogP contribution < -0.4 is 4.90 Å². The van der Waals surface area contributed by atoms with Gasteiger partial charge in [0.05, 0.1) is 18.1 Å². The second-order valence-corrected chi connectivity index (χ2v) is 10.2. The molecule has 0 saturated carbocycles. The van der Waals surface area contributed by atoms with Crippen LogP contribution in [0.4, 0.5) is 5.69 Å². The molecule has 1 N–H and O–H groups in total. The third-order valence-electron chi connectivity index (χ3n) is 6.02. The number of sulfone groups is 1. The molecule has 2 aliphatic rings. The van der Waals surface area contributed by atoms with E-state index in [0.29, 0.717) is 23.5 Å². The summed E-state index contributed by atoms with van der Waals surface area (Å²) in [6.07, 6.45) is 3.53. The molecule has 0 radical (unpaired) electrons. The largest absolute Gasteiger partial charge is 0.392 e. The Hall–Kier alpha value is -1.85. The van der Waals surface area contributed by atoms with Crippen molar-refractivity contribution in [3.63, 3.8) is 0 Å². The summed E-state index contributed by atoms with van der Waals surface area (Å²) in [5.74, 6) is 1.02. The second-order valence-electron chi connectivity index (χ2n) is 7.91. The number of fused-ring (bicyclic) bond motifs is 1. The molecule has 2 aromatic rings. The minimum atomic E-state index is -2.84. The van der Waals surface area contributed by atoms with Gasteiger partial charge in [0, 0.05) is 18.3 Å². The van der Waals surface area contributed by atoms with E-state index in [0.717, 1.165) is 43.5 Å². The van der Waals surface area contributed by atoms with Gasteiger partial charge < -0.3 is 10.0 Å². The molecule has 1 aliphatic heterocycles. The molecule has 4 nitrogen and oxygen atoms in total. The molecule has 0 amide bonds. The molecule has 144 valence electrons. The molecule has 4 rings (SSSR count). The Morgan fingerprint density at radius 2 is 1.63 bits per heavy atom. The molecular weight excluding hydrogens is 358 g/mol. The summed E-state index contributed by atoms with van der Waals surface area (Å²) in [5.41, 5.74) is 4.88. The van der Waals surface area contributed by atoms with Gasteiger partial charge in [0.2, 0.25) is 0 Å². The number of hydrogen-bond donors (Lipinski definition) is 1. The van der Waals surface area contributed by atoms with E-state index in [-0.39, 0.29) is 6.61 Å².